The van der Waals surface area contributed by atoms with Crippen LogP contribution in [0, 0.1) is 5.92 Å². The minimum absolute atomic E-state index is 0.404. The molecule has 2 atom stereocenters. The number of nitrogens with one attached hydrogen (secondary N) is 1. The molecular formula is C18H30N2O. The molecule has 3 nitrogen and oxygen atoms in total. The van der Waals surface area contributed by atoms with Crippen LogP contribution in [0.15, 0.2) is 24.3 Å². The van der Waals surface area contributed by atoms with Crippen molar-refractivity contribution in [2.24, 2.45) is 11.8 Å². The number of hydrogen-bond acceptors (Lipinski definition) is 3. The molecule has 1 aromatic rings. The largest absolute Gasteiger partial charge is 0.493 e. The highest BCUT2D eigenvalue weighted by Crippen LogP contribution is 2.37. The van der Waals surface area contributed by atoms with Gasteiger partial charge in [0.15, 0.2) is 0 Å². The number of hydrogen-bond donors (Lipinski definition) is 2. The van der Waals surface area contributed by atoms with E-state index < -0.39 is 0 Å². The molecule has 0 aromatic heterocycles. The van der Waals surface area contributed by atoms with Gasteiger partial charge in [-0.05, 0) is 49.1 Å². The van der Waals surface area contributed by atoms with Crippen LogP contribution in [0.25, 0.3) is 0 Å². The summed E-state index contributed by atoms with van der Waals surface area (Å²) in [4.78, 5) is 0. The van der Waals surface area contributed by atoms with E-state index in [1.807, 2.05) is 0 Å². The fourth-order valence-electron chi connectivity index (χ4n) is 3.65. The SMILES string of the molecule is CCCC(CCC)C(CC1CCOc2ccccc21)NN. The van der Waals surface area contributed by atoms with Crippen LogP contribution in [0.5, 0.6) is 5.75 Å². The zero-order chi connectivity index (χ0) is 15.1. The highest BCUT2D eigenvalue weighted by molar-refractivity contribution is 5.37. The molecule has 2 rings (SSSR count). The highest BCUT2D eigenvalue weighted by Gasteiger charge is 2.27. The van der Waals surface area contributed by atoms with E-state index in [1.54, 1.807) is 0 Å². The number of fused-ring (bicyclic) bond motifs is 1. The number of benzene rings is 1. The van der Waals surface area contributed by atoms with Crippen LogP contribution in [-0.4, -0.2) is 12.6 Å². The topological polar surface area (TPSA) is 47.3 Å². The molecule has 2 unspecified atom stereocenters. The van der Waals surface area contributed by atoms with Gasteiger partial charge in [0.2, 0.25) is 0 Å². The molecule has 0 fully saturated rings. The van der Waals surface area contributed by atoms with Gasteiger partial charge in [0.25, 0.3) is 0 Å². The van der Waals surface area contributed by atoms with Gasteiger partial charge < -0.3 is 4.74 Å². The predicted molar refractivity (Wildman–Crippen MR) is 88.3 cm³/mol. The van der Waals surface area contributed by atoms with Gasteiger partial charge in [-0.2, -0.15) is 0 Å². The average Bonchev–Trinajstić information content (AvgIpc) is 2.52. The molecular weight excluding hydrogens is 260 g/mol. The van der Waals surface area contributed by atoms with Crippen molar-refractivity contribution in [3.63, 3.8) is 0 Å². The first kappa shape index (κ1) is 16.3. The second-order valence-electron chi connectivity index (χ2n) is 6.22. The molecule has 1 aromatic carbocycles. The molecule has 1 aliphatic heterocycles. The van der Waals surface area contributed by atoms with E-state index >= 15 is 0 Å². The number of ether oxygens (including phenoxy) is 1. The summed E-state index contributed by atoms with van der Waals surface area (Å²) in [5, 5.41) is 0. The van der Waals surface area contributed by atoms with Crippen LogP contribution in [0.2, 0.25) is 0 Å². The molecule has 0 saturated heterocycles. The van der Waals surface area contributed by atoms with Crippen LogP contribution in [0.1, 0.15) is 63.9 Å². The maximum atomic E-state index is 5.89. The average molecular weight is 290 g/mol. The zero-order valence-electron chi connectivity index (χ0n) is 13.5. The first-order chi connectivity index (χ1) is 10.3. The minimum atomic E-state index is 0.404. The maximum absolute atomic E-state index is 5.89. The van der Waals surface area contributed by atoms with Crippen LogP contribution < -0.4 is 16.0 Å². The second kappa shape index (κ2) is 8.40. The fraction of sp³-hybridized carbons (Fsp3) is 0.667. The lowest BCUT2D eigenvalue weighted by atomic mass is 9.81. The quantitative estimate of drug-likeness (QED) is 0.562. The Kier molecular flexibility index (Phi) is 6.52. The number of hydrazine groups is 1. The summed E-state index contributed by atoms with van der Waals surface area (Å²) >= 11 is 0. The van der Waals surface area contributed by atoms with Crippen molar-refractivity contribution >= 4 is 0 Å². The lowest BCUT2D eigenvalue weighted by molar-refractivity contribution is 0.231. The van der Waals surface area contributed by atoms with Crippen molar-refractivity contribution < 1.29 is 4.74 Å². The Balaban J connectivity index is 2.08. The maximum Gasteiger partial charge on any atom is 0.122 e. The van der Waals surface area contributed by atoms with Crippen molar-refractivity contribution in [3.8, 4) is 5.75 Å². The third-order valence-corrected chi connectivity index (χ3v) is 4.72. The first-order valence-electron chi connectivity index (χ1n) is 8.47. The van der Waals surface area contributed by atoms with E-state index in [4.69, 9.17) is 10.6 Å². The number of rotatable bonds is 8. The summed E-state index contributed by atoms with van der Waals surface area (Å²) in [6.45, 7) is 5.35. The van der Waals surface area contributed by atoms with E-state index in [0.29, 0.717) is 17.9 Å². The molecule has 0 radical (unpaired) electrons. The van der Waals surface area contributed by atoms with Crippen molar-refractivity contribution in [1.82, 2.24) is 5.43 Å². The molecule has 1 aliphatic rings. The van der Waals surface area contributed by atoms with E-state index in [-0.39, 0.29) is 0 Å². The van der Waals surface area contributed by atoms with Gasteiger partial charge in [-0.15, -0.1) is 0 Å². The Morgan fingerprint density at radius 2 is 1.95 bits per heavy atom. The summed E-state index contributed by atoms with van der Waals surface area (Å²) in [7, 11) is 0. The van der Waals surface area contributed by atoms with Gasteiger partial charge in [0.1, 0.15) is 5.75 Å². The normalized spacial score (nSPS) is 19.1. The Morgan fingerprint density at radius 1 is 1.24 bits per heavy atom. The Labute approximate surface area is 129 Å². The standard InChI is InChI=1S/C18H30N2O/c1-3-7-14(8-4-2)17(20-19)13-15-11-12-21-18-10-6-5-9-16(15)18/h5-6,9-10,14-15,17,20H,3-4,7-8,11-13,19H2,1-2H3. The lowest BCUT2D eigenvalue weighted by Gasteiger charge is -2.32. The molecule has 0 bridgehead atoms. The van der Waals surface area contributed by atoms with Gasteiger partial charge >= 0.3 is 0 Å². The third kappa shape index (κ3) is 4.21. The van der Waals surface area contributed by atoms with Gasteiger partial charge in [-0.3, -0.25) is 11.3 Å². The van der Waals surface area contributed by atoms with Crippen molar-refractivity contribution in [3.05, 3.63) is 29.8 Å². The third-order valence-electron chi connectivity index (χ3n) is 4.72. The first-order valence-corrected chi connectivity index (χ1v) is 8.47. The molecule has 3 heteroatoms. The molecule has 0 amide bonds. The minimum Gasteiger partial charge on any atom is -0.493 e. The zero-order valence-corrected chi connectivity index (χ0v) is 13.5. The van der Waals surface area contributed by atoms with Gasteiger partial charge in [-0.25, -0.2) is 0 Å². The Morgan fingerprint density at radius 3 is 2.62 bits per heavy atom. The van der Waals surface area contributed by atoms with Gasteiger partial charge in [-0.1, -0.05) is 44.9 Å². The van der Waals surface area contributed by atoms with Crippen LogP contribution >= 0.6 is 0 Å². The van der Waals surface area contributed by atoms with Crippen LogP contribution in [0.4, 0.5) is 0 Å². The van der Waals surface area contributed by atoms with Crippen molar-refractivity contribution in [2.75, 3.05) is 6.61 Å². The monoisotopic (exact) mass is 290 g/mol. The van der Waals surface area contributed by atoms with Crippen LogP contribution in [-0.2, 0) is 0 Å². The fourth-order valence-corrected chi connectivity index (χ4v) is 3.65. The number of nitrogens with two attached hydrogens (primary N) is 1. The Hall–Kier alpha value is -1.06. The Bertz CT molecular complexity index is 415. The van der Waals surface area contributed by atoms with Gasteiger partial charge in [0, 0.05) is 6.04 Å². The van der Waals surface area contributed by atoms with Gasteiger partial charge in [0.05, 0.1) is 6.61 Å². The van der Waals surface area contributed by atoms with E-state index in [0.717, 1.165) is 25.2 Å². The highest BCUT2D eigenvalue weighted by atomic mass is 16.5. The lowest BCUT2D eigenvalue weighted by Crippen LogP contribution is -2.42. The summed E-state index contributed by atoms with van der Waals surface area (Å²) in [6, 6.07) is 8.86. The van der Waals surface area contributed by atoms with Crippen LogP contribution in [0.3, 0.4) is 0 Å². The van der Waals surface area contributed by atoms with Crippen molar-refractivity contribution in [2.45, 2.75) is 64.3 Å². The molecule has 0 spiro atoms. The summed E-state index contributed by atoms with van der Waals surface area (Å²) in [5.74, 6) is 8.20. The smallest absolute Gasteiger partial charge is 0.122 e. The molecule has 0 saturated carbocycles. The molecule has 21 heavy (non-hydrogen) atoms. The predicted octanol–water partition coefficient (Wildman–Crippen LogP) is 3.99. The molecule has 0 aliphatic carbocycles. The molecule has 1 heterocycles. The summed E-state index contributed by atoms with van der Waals surface area (Å²) in [5.41, 5.74) is 4.47. The second-order valence-corrected chi connectivity index (χ2v) is 6.22. The summed E-state index contributed by atoms with van der Waals surface area (Å²) < 4.78 is 5.77. The molecule has 3 N–H and O–H groups in total. The molecule has 118 valence electrons. The summed E-state index contributed by atoms with van der Waals surface area (Å²) in [6.07, 6.45) is 7.18. The van der Waals surface area contributed by atoms with E-state index in [1.165, 1.54) is 31.2 Å². The van der Waals surface area contributed by atoms with E-state index in [9.17, 15) is 0 Å². The van der Waals surface area contributed by atoms with Crippen molar-refractivity contribution in [1.29, 1.82) is 0 Å². The number of para-hydroxylation sites is 1. The van der Waals surface area contributed by atoms with E-state index in [2.05, 4.69) is 43.5 Å².